The predicted octanol–water partition coefficient (Wildman–Crippen LogP) is 1.99. The molecule has 0 fully saturated rings. The van der Waals surface area contributed by atoms with Crippen LogP contribution in [0.3, 0.4) is 0 Å². The van der Waals surface area contributed by atoms with Crippen molar-refractivity contribution in [3.8, 4) is 0 Å². The topological polar surface area (TPSA) is 128 Å². The first-order chi connectivity index (χ1) is 12.6. The summed E-state index contributed by atoms with van der Waals surface area (Å²) in [5, 5.41) is 12.3. The van der Waals surface area contributed by atoms with E-state index in [2.05, 4.69) is 5.32 Å². The van der Waals surface area contributed by atoms with Gasteiger partial charge in [-0.2, -0.15) is 0 Å². The van der Waals surface area contributed by atoms with Crippen LogP contribution in [0.5, 0.6) is 0 Å². The number of benzene rings is 1. The quantitative estimate of drug-likeness (QED) is 0.455. The number of aliphatic hydroxyl groups is 1. The number of nitrogens with two attached hydrogens (primary N) is 2. The van der Waals surface area contributed by atoms with E-state index < -0.39 is 42.4 Å². The number of amides is 1. The first-order valence-electron chi connectivity index (χ1n) is 8.69. The van der Waals surface area contributed by atoms with Crippen molar-refractivity contribution in [1.82, 2.24) is 0 Å². The van der Waals surface area contributed by atoms with Gasteiger partial charge in [0.1, 0.15) is 11.9 Å². The van der Waals surface area contributed by atoms with E-state index in [-0.39, 0.29) is 0 Å². The number of ketones is 1. The summed E-state index contributed by atoms with van der Waals surface area (Å²) in [6.07, 6.45) is -1.25. The van der Waals surface area contributed by atoms with Crippen molar-refractivity contribution in [2.45, 2.75) is 50.7 Å². The molecule has 0 heterocycles. The van der Waals surface area contributed by atoms with Crippen LogP contribution in [-0.4, -0.2) is 48.2 Å². The number of carbonyl (C=O) groups is 2. The zero-order valence-electron chi connectivity index (χ0n) is 15.5. The van der Waals surface area contributed by atoms with Crippen molar-refractivity contribution in [2.75, 3.05) is 18.5 Å². The average Bonchev–Trinajstić information content (AvgIpc) is 2.62. The second-order valence-electron chi connectivity index (χ2n) is 6.31. The molecule has 0 radical (unpaired) electrons. The van der Waals surface area contributed by atoms with Crippen molar-refractivity contribution < 1.29 is 28.2 Å². The van der Waals surface area contributed by atoms with Gasteiger partial charge >= 0.3 is 6.09 Å². The maximum atomic E-state index is 13.6. The molecule has 1 amide bonds. The van der Waals surface area contributed by atoms with Crippen molar-refractivity contribution in [1.29, 1.82) is 0 Å². The fraction of sp³-hybridized carbons (Fsp3) is 0.556. The van der Waals surface area contributed by atoms with Crippen LogP contribution in [0.4, 0.5) is 19.3 Å². The molecule has 0 saturated carbocycles. The number of hydrogen-bond donors (Lipinski definition) is 4. The molecule has 1 rings (SSSR count). The van der Waals surface area contributed by atoms with E-state index in [0.29, 0.717) is 17.9 Å². The van der Waals surface area contributed by atoms with Gasteiger partial charge in [-0.15, -0.1) is 0 Å². The third-order valence-corrected chi connectivity index (χ3v) is 4.14. The Bertz CT molecular complexity index is 626. The van der Waals surface area contributed by atoms with Crippen LogP contribution < -0.4 is 16.8 Å². The Kier molecular flexibility index (Phi) is 8.74. The first kappa shape index (κ1) is 22.9. The summed E-state index contributed by atoms with van der Waals surface area (Å²) in [4.78, 5) is 23.6. The molecule has 9 heteroatoms. The molecule has 0 aliphatic rings. The second-order valence-corrected chi connectivity index (χ2v) is 6.31. The Balaban J connectivity index is 2.88. The van der Waals surface area contributed by atoms with E-state index in [1.807, 2.05) is 6.92 Å². The Morgan fingerprint density at radius 2 is 1.89 bits per heavy atom. The number of rotatable bonds is 10. The molecular formula is C18H27F2N3O4. The van der Waals surface area contributed by atoms with Crippen molar-refractivity contribution in [3.05, 3.63) is 29.8 Å². The maximum Gasteiger partial charge on any atom is 0.411 e. The van der Waals surface area contributed by atoms with Gasteiger partial charge in [0.15, 0.2) is 0 Å². The molecule has 3 atom stereocenters. The maximum absolute atomic E-state index is 13.6. The zero-order valence-corrected chi connectivity index (χ0v) is 15.5. The number of nitrogens with one attached hydrogen (secondary N) is 1. The summed E-state index contributed by atoms with van der Waals surface area (Å²) in [5.41, 5.74) is 11.5. The van der Waals surface area contributed by atoms with Gasteiger partial charge in [-0.25, -0.2) is 13.6 Å². The molecule has 7 nitrogen and oxygen atoms in total. The van der Waals surface area contributed by atoms with Gasteiger partial charge in [0.05, 0.1) is 25.1 Å². The molecule has 0 saturated heterocycles. The molecule has 3 unspecified atom stereocenters. The van der Waals surface area contributed by atoms with Crippen molar-refractivity contribution >= 4 is 17.6 Å². The highest BCUT2D eigenvalue weighted by atomic mass is 19.3. The van der Waals surface area contributed by atoms with Gasteiger partial charge in [0, 0.05) is 5.69 Å². The fourth-order valence-electron chi connectivity index (χ4n) is 2.55. The second kappa shape index (κ2) is 10.3. The molecule has 27 heavy (non-hydrogen) atoms. The SMILES string of the molecule is CCCCOC(=O)Nc1ccc(C(C(C)=O)C(N)C(O)C(F)(F)CN)cc1. The minimum atomic E-state index is -3.61. The highest BCUT2D eigenvalue weighted by Crippen LogP contribution is 2.29. The predicted molar refractivity (Wildman–Crippen MR) is 97.7 cm³/mol. The largest absolute Gasteiger partial charge is 0.449 e. The Hall–Kier alpha value is -2.10. The number of alkyl halides is 2. The number of halogens is 2. The number of carbonyl (C=O) groups excluding carboxylic acids is 2. The van der Waals surface area contributed by atoms with E-state index in [1.165, 1.54) is 31.2 Å². The number of Topliss-reactive ketones (excluding diaryl/α,β-unsaturated/α-hetero) is 1. The number of unbranched alkanes of at least 4 members (excludes halogenated alkanes) is 1. The lowest BCUT2D eigenvalue weighted by Gasteiger charge is -2.31. The molecule has 0 aliphatic carbocycles. The Morgan fingerprint density at radius 3 is 2.37 bits per heavy atom. The standard InChI is InChI=1S/C18H27F2N3O4/c1-3-4-9-27-17(26)23-13-7-5-12(6-8-13)14(11(2)24)15(22)16(25)18(19,20)10-21/h5-8,14-16,25H,3-4,9-10,21-22H2,1-2H3,(H,23,26). The summed E-state index contributed by atoms with van der Waals surface area (Å²) in [7, 11) is 0. The third kappa shape index (κ3) is 6.53. The van der Waals surface area contributed by atoms with Crippen LogP contribution >= 0.6 is 0 Å². The van der Waals surface area contributed by atoms with E-state index in [4.69, 9.17) is 16.2 Å². The van der Waals surface area contributed by atoms with Crippen LogP contribution in [0.2, 0.25) is 0 Å². The van der Waals surface area contributed by atoms with Gasteiger partial charge in [-0.1, -0.05) is 25.5 Å². The summed E-state index contributed by atoms with van der Waals surface area (Å²) in [6, 6.07) is 4.39. The fourth-order valence-corrected chi connectivity index (χ4v) is 2.55. The van der Waals surface area contributed by atoms with Gasteiger partial charge in [0.25, 0.3) is 5.92 Å². The Morgan fingerprint density at radius 1 is 1.30 bits per heavy atom. The van der Waals surface area contributed by atoms with Crippen LogP contribution in [-0.2, 0) is 9.53 Å². The van der Waals surface area contributed by atoms with Crippen LogP contribution in [0.1, 0.15) is 38.2 Å². The number of hydrogen-bond acceptors (Lipinski definition) is 6. The molecule has 6 N–H and O–H groups in total. The highest BCUT2D eigenvalue weighted by Gasteiger charge is 2.44. The van der Waals surface area contributed by atoms with E-state index in [0.717, 1.165) is 12.8 Å². The first-order valence-corrected chi connectivity index (χ1v) is 8.69. The monoisotopic (exact) mass is 387 g/mol. The van der Waals surface area contributed by atoms with Crippen LogP contribution in [0, 0.1) is 0 Å². The van der Waals surface area contributed by atoms with Gasteiger partial charge in [-0.3, -0.25) is 10.1 Å². The number of aliphatic hydroxyl groups excluding tert-OH is 1. The van der Waals surface area contributed by atoms with Gasteiger partial charge < -0.3 is 21.3 Å². The van der Waals surface area contributed by atoms with Gasteiger partial charge in [0.2, 0.25) is 0 Å². The zero-order chi connectivity index (χ0) is 20.6. The number of ether oxygens (including phenoxy) is 1. The minimum absolute atomic E-state index is 0.301. The molecule has 152 valence electrons. The molecule has 1 aromatic rings. The summed E-state index contributed by atoms with van der Waals surface area (Å²) >= 11 is 0. The van der Waals surface area contributed by atoms with Crippen molar-refractivity contribution in [2.24, 2.45) is 11.5 Å². The lowest BCUT2D eigenvalue weighted by Crippen LogP contribution is -2.54. The minimum Gasteiger partial charge on any atom is -0.449 e. The molecular weight excluding hydrogens is 360 g/mol. The molecule has 0 aliphatic heterocycles. The summed E-state index contributed by atoms with van der Waals surface area (Å²) < 4.78 is 32.3. The Labute approximate surface area is 157 Å². The third-order valence-electron chi connectivity index (χ3n) is 4.14. The van der Waals surface area contributed by atoms with Crippen LogP contribution in [0.25, 0.3) is 0 Å². The summed E-state index contributed by atoms with van der Waals surface area (Å²) in [6.45, 7) is 2.38. The van der Waals surface area contributed by atoms with Gasteiger partial charge in [-0.05, 0) is 31.0 Å². The summed E-state index contributed by atoms with van der Waals surface area (Å²) in [5.74, 6) is -5.24. The van der Waals surface area contributed by atoms with E-state index in [1.54, 1.807) is 0 Å². The lowest BCUT2D eigenvalue weighted by molar-refractivity contribution is -0.127. The molecule has 0 bridgehead atoms. The van der Waals surface area contributed by atoms with Crippen LogP contribution in [0.15, 0.2) is 24.3 Å². The van der Waals surface area contributed by atoms with Crippen molar-refractivity contribution in [3.63, 3.8) is 0 Å². The highest BCUT2D eigenvalue weighted by molar-refractivity contribution is 5.86. The molecule has 0 spiro atoms. The lowest BCUT2D eigenvalue weighted by atomic mass is 9.84. The number of anilines is 1. The van der Waals surface area contributed by atoms with E-state index in [9.17, 15) is 23.5 Å². The smallest absolute Gasteiger partial charge is 0.411 e. The normalized spacial score (nSPS) is 14.9. The van der Waals surface area contributed by atoms with E-state index >= 15 is 0 Å². The molecule has 1 aromatic carbocycles. The molecule has 0 aromatic heterocycles. The average molecular weight is 387 g/mol.